The van der Waals surface area contributed by atoms with Gasteiger partial charge in [-0.2, -0.15) is 10.5 Å². The third-order valence-corrected chi connectivity index (χ3v) is 5.71. The number of carbonyl (C=O) groups excluding carboxylic acids is 2. The number of hydrogen-bond acceptors (Lipinski definition) is 8. The van der Waals surface area contributed by atoms with E-state index in [9.17, 15) is 36.9 Å². The Morgan fingerprint density at radius 3 is 1.70 bits per heavy atom. The Bertz CT molecular complexity index is 1560. The van der Waals surface area contributed by atoms with Crippen LogP contribution in [0.25, 0.3) is 0 Å². The monoisotopic (exact) mass is 538 g/mol. The minimum atomic E-state index is -3.46. The molecule has 0 radical (unpaired) electrons. The number of sulfonamides is 2. The molecule has 0 heterocycles. The molecule has 0 aliphatic heterocycles. The van der Waals surface area contributed by atoms with Crippen molar-refractivity contribution in [2.45, 2.75) is 0 Å². The molecule has 0 bridgehead atoms. The summed E-state index contributed by atoms with van der Waals surface area (Å²) in [4.78, 5) is 25.1. The summed E-state index contributed by atoms with van der Waals surface area (Å²) in [5, 5.41) is 18.7. The van der Waals surface area contributed by atoms with E-state index in [4.69, 9.17) is 0 Å². The Balaban J connectivity index is 2.06. The molecule has 0 aliphatic carbocycles. The lowest BCUT2D eigenvalue weighted by atomic mass is 9.98. The van der Waals surface area contributed by atoms with E-state index in [1.807, 2.05) is 6.07 Å². The molecule has 0 saturated heterocycles. The van der Waals surface area contributed by atoms with E-state index in [0.717, 1.165) is 12.5 Å². The first-order chi connectivity index (χ1) is 17.3. The fourth-order valence-electron chi connectivity index (χ4n) is 2.90. The number of nitrogens with zero attached hydrogens (tertiary/aromatic N) is 2. The van der Waals surface area contributed by atoms with E-state index < -0.39 is 37.5 Å². The van der Waals surface area contributed by atoms with Crippen LogP contribution in [-0.2, 0) is 20.0 Å². The highest BCUT2D eigenvalue weighted by atomic mass is 32.2. The summed E-state index contributed by atoms with van der Waals surface area (Å²) in [6.45, 7) is 0. The summed E-state index contributed by atoms with van der Waals surface area (Å²) in [5.74, 6) is -2.17. The maximum absolute atomic E-state index is 12.6. The molecular formula is C25H22N4O6S2. The summed E-state index contributed by atoms with van der Waals surface area (Å²) in [6.07, 6.45) is 8.88. The number of rotatable bonds is 11. The predicted molar refractivity (Wildman–Crippen MR) is 140 cm³/mol. The molecule has 1 unspecified atom stereocenters. The highest BCUT2D eigenvalue weighted by molar-refractivity contribution is 7.92. The fraction of sp³-hybridized carbons (Fsp3) is 0.120. The molecule has 190 valence electrons. The number of anilines is 2. The van der Waals surface area contributed by atoms with Gasteiger partial charge in [0.05, 0.1) is 24.2 Å². The van der Waals surface area contributed by atoms with Crippen LogP contribution in [0.15, 0.2) is 84.5 Å². The maximum atomic E-state index is 12.6. The Labute approximate surface area is 215 Å². The Kier molecular flexibility index (Phi) is 9.66. The van der Waals surface area contributed by atoms with Crippen LogP contribution in [0.2, 0.25) is 0 Å². The number of ketones is 2. The smallest absolute Gasteiger partial charge is 0.229 e. The van der Waals surface area contributed by atoms with Crippen molar-refractivity contribution in [2.75, 3.05) is 22.0 Å². The Morgan fingerprint density at radius 1 is 0.784 bits per heavy atom. The van der Waals surface area contributed by atoms with Gasteiger partial charge in [-0.25, -0.2) is 16.8 Å². The maximum Gasteiger partial charge on any atom is 0.229 e. The molecule has 2 N–H and O–H groups in total. The number of hydrogen-bond donors (Lipinski definition) is 2. The van der Waals surface area contributed by atoms with Crippen molar-refractivity contribution < 1.29 is 26.4 Å². The fourth-order valence-corrected chi connectivity index (χ4v) is 4.03. The van der Waals surface area contributed by atoms with Crippen molar-refractivity contribution in [3.8, 4) is 12.1 Å². The van der Waals surface area contributed by atoms with E-state index in [1.165, 1.54) is 78.9 Å². The largest absolute Gasteiger partial charge is 0.292 e. The summed E-state index contributed by atoms with van der Waals surface area (Å²) in [5.41, 5.74) is 0.777. The normalized spacial score (nSPS) is 13.0. The van der Waals surface area contributed by atoms with Gasteiger partial charge in [-0.3, -0.25) is 19.0 Å². The van der Waals surface area contributed by atoms with Gasteiger partial charge in [-0.1, -0.05) is 24.3 Å². The number of nitrogens with one attached hydrogen (secondary N) is 2. The van der Waals surface area contributed by atoms with E-state index >= 15 is 0 Å². The van der Waals surface area contributed by atoms with Gasteiger partial charge in [0, 0.05) is 22.5 Å². The van der Waals surface area contributed by atoms with Crippen LogP contribution < -0.4 is 9.44 Å². The molecular weight excluding hydrogens is 516 g/mol. The topological polar surface area (TPSA) is 174 Å². The SMILES string of the molecule is CS(=O)(=O)Nc1ccc(C(=O)C(C#N)=CC=CC=CC(C#N)C(=O)c2ccc(NS(C)(=O)=O)cc2)cc1. The number of carbonyl (C=O) groups is 2. The van der Waals surface area contributed by atoms with Crippen LogP contribution in [0, 0.1) is 28.6 Å². The first-order valence-corrected chi connectivity index (χ1v) is 14.2. The first-order valence-electron chi connectivity index (χ1n) is 10.4. The number of allylic oxidation sites excluding steroid dienone is 6. The average molecular weight is 539 g/mol. The van der Waals surface area contributed by atoms with Crippen molar-refractivity contribution in [1.82, 2.24) is 0 Å². The minimum Gasteiger partial charge on any atom is -0.292 e. The van der Waals surface area contributed by atoms with Crippen molar-refractivity contribution in [1.29, 1.82) is 10.5 Å². The molecule has 10 nitrogen and oxygen atoms in total. The lowest BCUT2D eigenvalue weighted by Gasteiger charge is -2.06. The van der Waals surface area contributed by atoms with Crippen LogP contribution in [0.1, 0.15) is 20.7 Å². The van der Waals surface area contributed by atoms with Crippen molar-refractivity contribution >= 4 is 43.0 Å². The third kappa shape index (κ3) is 9.57. The van der Waals surface area contributed by atoms with Crippen LogP contribution in [0.3, 0.4) is 0 Å². The summed E-state index contributed by atoms with van der Waals surface area (Å²) >= 11 is 0. The molecule has 37 heavy (non-hydrogen) atoms. The van der Waals surface area contributed by atoms with Crippen LogP contribution >= 0.6 is 0 Å². The van der Waals surface area contributed by atoms with Crippen molar-refractivity contribution in [3.05, 3.63) is 95.6 Å². The number of benzene rings is 2. The minimum absolute atomic E-state index is 0.177. The molecule has 0 amide bonds. The van der Waals surface area contributed by atoms with Crippen LogP contribution in [0.4, 0.5) is 11.4 Å². The average Bonchev–Trinajstić information content (AvgIpc) is 2.82. The molecule has 2 rings (SSSR count). The van der Waals surface area contributed by atoms with E-state index in [1.54, 1.807) is 6.07 Å². The van der Waals surface area contributed by atoms with Crippen molar-refractivity contribution in [2.24, 2.45) is 5.92 Å². The van der Waals surface area contributed by atoms with E-state index in [0.29, 0.717) is 0 Å². The summed E-state index contributed by atoms with van der Waals surface area (Å²) in [6, 6.07) is 14.9. The predicted octanol–water partition coefficient (Wildman–Crippen LogP) is 3.20. The molecule has 2 aromatic rings. The zero-order valence-electron chi connectivity index (χ0n) is 19.7. The second kappa shape index (κ2) is 12.4. The molecule has 0 spiro atoms. The van der Waals surface area contributed by atoms with Gasteiger partial charge < -0.3 is 0 Å². The van der Waals surface area contributed by atoms with Gasteiger partial charge in [-0.15, -0.1) is 0 Å². The van der Waals surface area contributed by atoms with Gasteiger partial charge in [0.25, 0.3) is 0 Å². The van der Waals surface area contributed by atoms with E-state index in [2.05, 4.69) is 9.44 Å². The highest BCUT2D eigenvalue weighted by Gasteiger charge is 2.17. The third-order valence-electron chi connectivity index (χ3n) is 4.50. The number of Topliss-reactive ketones (excluding diaryl/α,β-unsaturated/α-hetero) is 2. The molecule has 0 aromatic heterocycles. The molecule has 2 aromatic carbocycles. The van der Waals surface area contributed by atoms with Gasteiger partial charge in [0.1, 0.15) is 12.0 Å². The molecule has 0 aliphatic rings. The molecule has 0 saturated carbocycles. The van der Waals surface area contributed by atoms with E-state index in [-0.39, 0.29) is 28.1 Å². The van der Waals surface area contributed by atoms with Gasteiger partial charge in [0.2, 0.25) is 25.8 Å². The second-order valence-electron chi connectivity index (χ2n) is 7.67. The lowest BCUT2D eigenvalue weighted by Crippen LogP contribution is -2.12. The quantitative estimate of drug-likeness (QED) is 0.190. The standard InChI is InChI=1S/C25H22N4O6S2/c1-36(32,33)28-22-12-8-18(9-13-22)24(30)20(16-26)6-4-3-5-7-21(17-27)25(31)19-10-14-23(15-11-19)29-37(2,34)35/h3-15,20,28-29H,1-2H3. The number of nitriles is 2. The van der Waals surface area contributed by atoms with Gasteiger partial charge >= 0.3 is 0 Å². The lowest BCUT2D eigenvalue weighted by molar-refractivity contribution is 0.0967. The summed E-state index contributed by atoms with van der Waals surface area (Å²) in [7, 11) is -6.92. The zero-order valence-corrected chi connectivity index (χ0v) is 21.4. The Morgan fingerprint density at radius 2 is 1.27 bits per heavy atom. The highest BCUT2D eigenvalue weighted by Crippen LogP contribution is 2.16. The molecule has 0 fully saturated rings. The summed E-state index contributed by atoms with van der Waals surface area (Å²) < 4.78 is 49.6. The Hall–Kier alpha value is -4.52. The zero-order chi connectivity index (χ0) is 27.6. The molecule has 1 atom stereocenters. The van der Waals surface area contributed by atoms with Crippen LogP contribution in [-0.4, -0.2) is 40.9 Å². The van der Waals surface area contributed by atoms with Gasteiger partial charge in [0.15, 0.2) is 5.78 Å². The first kappa shape index (κ1) is 28.7. The van der Waals surface area contributed by atoms with Crippen molar-refractivity contribution in [3.63, 3.8) is 0 Å². The molecule has 12 heteroatoms. The van der Waals surface area contributed by atoms with Crippen LogP contribution in [0.5, 0.6) is 0 Å². The van der Waals surface area contributed by atoms with Gasteiger partial charge in [-0.05, 0) is 54.6 Å². The second-order valence-corrected chi connectivity index (χ2v) is 11.2.